The second kappa shape index (κ2) is 5.48. The van der Waals surface area contributed by atoms with Crippen LogP contribution in [0.15, 0.2) is 47.4 Å². The fourth-order valence-corrected chi connectivity index (χ4v) is 2.54. The van der Waals surface area contributed by atoms with Crippen molar-refractivity contribution in [1.29, 1.82) is 0 Å². The van der Waals surface area contributed by atoms with Crippen LogP contribution in [0.3, 0.4) is 0 Å². The number of aromatic hydroxyl groups is 1. The third kappa shape index (κ3) is 3.18. The Morgan fingerprint density at radius 1 is 1.06 bits per heavy atom. The van der Waals surface area contributed by atoms with E-state index in [0.717, 1.165) is 16.9 Å². The first kappa shape index (κ1) is 12.3. The summed E-state index contributed by atoms with van der Waals surface area (Å²) in [5.74, 6) is 1.26. The van der Waals surface area contributed by atoms with Crippen LogP contribution in [0.1, 0.15) is 6.92 Å². The van der Waals surface area contributed by atoms with E-state index in [1.54, 1.807) is 6.07 Å². The Kier molecular flexibility index (Phi) is 3.97. The molecular formula is C14H13ClOS. The normalized spacial score (nSPS) is 10.5. The van der Waals surface area contributed by atoms with E-state index in [0.29, 0.717) is 5.02 Å². The van der Waals surface area contributed by atoms with Gasteiger partial charge >= 0.3 is 0 Å². The van der Waals surface area contributed by atoms with Gasteiger partial charge in [-0.05, 0) is 47.2 Å². The average molecular weight is 265 g/mol. The molecule has 88 valence electrons. The van der Waals surface area contributed by atoms with E-state index < -0.39 is 0 Å². The third-order valence-electron chi connectivity index (χ3n) is 2.38. The summed E-state index contributed by atoms with van der Waals surface area (Å²) >= 11 is 7.73. The van der Waals surface area contributed by atoms with Crippen LogP contribution in [0, 0.1) is 0 Å². The lowest BCUT2D eigenvalue weighted by Crippen LogP contribution is -1.79. The van der Waals surface area contributed by atoms with Gasteiger partial charge in [-0.25, -0.2) is 0 Å². The van der Waals surface area contributed by atoms with Gasteiger partial charge in [0.05, 0.1) is 0 Å². The molecule has 17 heavy (non-hydrogen) atoms. The maximum atomic E-state index is 9.51. The van der Waals surface area contributed by atoms with Gasteiger partial charge in [-0.15, -0.1) is 11.8 Å². The van der Waals surface area contributed by atoms with Crippen molar-refractivity contribution in [2.45, 2.75) is 11.8 Å². The van der Waals surface area contributed by atoms with Crippen molar-refractivity contribution in [3.8, 4) is 16.9 Å². The molecule has 0 spiro atoms. The van der Waals surface area contributed by atoms with Gasteiger partial charge in [-0.2, -0.15) is 0 Å². The summed E-state index contributed by atoms with van der Waals surface area (Å²) in [4.78, 5) is 1.25. The first-order chi connectivity index (χ1) is 8.19. The molecule has 0 radical (unpaired) electrons. The van der Waals surface area contributed by atoms with E-state index in [4.69, 9.17) is 11.6 Å². The lowest BCUT2D eigenvalue weighted by Gasteiger charge is -2.05. The Labute approximate surface area is 110 Å². The highest BCUT2D eigenvalue weighted by Gasteiger charge is 2.02. The molecule has 0 amide bonds. The summed E-state index contributed by atoms with van der Waals surface area (Å²) in [6, 6.07) is 13.4. The lowest BCUT2D eigenvalue weighted by atomic mass is 10.1. The Morgan fingerprint density at radius 2 is 1.76 bits per heavy atom. The first-order valence-electron chi connectivity index (χ1n) is 5.42. The van der Waals surface area contributed by atoms with Crippen LogP contribution in [0.2, 0.25) is 5.02 Å². The van der Waals surface area contributed by atoms with Gasteiger partial charge in [0.2, 0.25) is 0 Å². The zero-order valence-electron chi connectivity index (χ0n) is 9.48. The van der Waals surface area contributed by atoms with E-state index in [1.165, 1.54) is 11.0 Å². The zero-order valence-corrected chi connectivity index (χ0v) is 11.1. The number of phenols is 1. The number of thioether (sulfide) groups is 1. The molecule has 0 atom stereocenters. The summed E-state index contributed by atoms with van der Waals surface area (Å²) < 4.78 is 0. The maximum Gasteiger partial charge on any atom is 0.117 e. The van der Waals surface area contributed by atoms with Crippen LogP contribution in [-0.2, 0) is 0 Å². The molecule has 2 rings (SSSR count). The molecule has 0 unspecified atom stereocenters. The zero-order chi connectivity index (χ0) is 12.3. The molecule has 0 aliphatic carbocycles. The minimum absolute atomic E-state index is 0.194. The molecule has 3 heteroatoms. The van der Waals surface area contributed by atoms with E-state index in [1.807, 2.05) is 30.0 Å². The molecular weight excluding hydrogens is 252 g/mol. The summed E-state index contributed by atoms with van der Waals surface area (Å²) in [5.41, 5.74) is 1.99. The largest absolute Gasteiger partial charge is 0.508 e. The van der Waals surface area contributed by atoms with Crippen molar-refractivity contribution < 1.29 is 5.11 Å². The van der Waals surface area contributed by atoms with Gasteiger partial charge in [-0.1, -0.05) is 30.7 Å². The Hall–Kier alpha value is -1.12. The van der Waals surface area contributed by atoms with Crippen molar-refractivity contribution in [2.75, 3.05) is 5.75 Å². The Balaban J connectivity index is 2.32. The van der Waals surface area contributed by atoms with Crippen LogP contribution in [0.4, 0.5) is 0 Å². The van der Waals surface area contributed by atoms with Crippen LogP contribution in [0.5, 0.6) is 5.75 Å². The molecule has 0 bridgehead atoms. The van der Waals surface area contributed by atoms with Crippen molar-refractivity contribution in [1.82, 2.24) is 0 Å². The minimum Gasteiger partial charge on any atom is -0.508 e. The van der Waals surface area contributed by atoms with E-state index >= 15 is 0 Å². The Bertz CT molecular complexity index is 488. The number of hydrogen-bond acceptors (Lipinski definition) is 2. The van der Waals surface area contributed by atoms with Gasteiger partial charge in [0.1, 0.15) is 5.75 Å². The van der Waals surface area contributed by atoms with Crippen LogP contribution in [-0.4, -0.2) is 10.9 Å². The fourth-order valence-electron chi connectivity index (χ4n) is 1.65. The standard InChI is InChI=1S/C14H13ClOS/c1-2-17-14-5-3-10(4-6-14)11-7-12(15)9-13(16)8-11/h3-9,16H,2H2,1H3. The monoisotopic (exact) mass is 264 g/mol. The maximum absolute atomic E-state index is 9.51. The Morgan fingerprint density at radius 3 is 2.35 bits per heavy atom. The molecule has 0 fully saturated rings. The molecule has 2 aromatic rings. The fraction of sp³-hybridized carbons (Fsp3) is 0.143. The van der Waals surface area contributed by atoms with Crippen LogP contribution < -0.4 is 0 Å². The number of hydrogen-bond donors (Lipinski definition) is 1. The summed E-state index contributed by atoms with van der Waals surface area (Å²) in [7, 11) is 0. The molecule has 0 saturated heterocycles. The van der Waals surface area contributed by atoms with E-state index in [9.17, 15) is 5.11 Å². The van der Waals surface area contributed by atoms with Gasteiger partial charge in [0.15, 0.2) is 0 Å². The summed E-state index contributed by atoms with van der Waals surface area (Å²) in [5, 5.41) is 10.1. The van der Waals surface area contributed by atoms with Crippen molar-refractivity contribution >= 4 is 23.4 Å². The number of rotatable bonds is 3. The lowest BCUT2D eigenvalue weighted by molar-refractivity contribution is 0.475. The van der Waals surface area contributed by atoms with Crippen LogP contribution in [0.25, 0.3) is 11.1 Å². The second-order valence-corrected chi connectivity index (χ2v) is 5.43. The van der Waals surface area contributed by atoms with E-state index in [-0.39, 0.29) is 5.75 Å². The average Bonchev–Trinajstić information content (AvgIpc) is 2.29. The SMILES string of the molecule is CCSc1ccc(-c2cc(O)cc(Cl)c2)cc1. The number of phenolic OH excluding ortho intramolecular Hbond substituents is 1. The topological polar surface area (TPSA) is 20.2 Å². The smallest absolute Gasteiger partial charge is 0.117 e. The summed E-state index contributed by atoms with van der Waals surface area (Å²) in [6.07, 6.45) is 0. The molecule has 0 aliphatic heterocycles. The van der Waals surface area contributed by atoms with Gasteiger partial charge in [0, 0.05) is 9.92 Å². The predicted octanol–water partition coefficient (Wildman–Crippen LogP) is 4.82. The van der Waals surface area contributed by atoms with Crippen molar-refractivity contribution in [2.24, 2.45) is 0 Å². The van der Waals surface area contributed by atoms with Crippen molar-refractivity contribution in [3.05, 3.63) is 47.5 Å². The van der Waals surface area contributed by atoms with E-state index in [2.05, 4.69) is 19.1 Å². The first-order valence-corrected chi connectivity index (χ1v) is 6.78. The highest BCUT2D eigenvalue weighted by Crippen LogP contribution is 2.29. The number of benzene rings is 2. The molecule has 0 aliphatic rings. The number of halogens is 1. The predicted molar refractivity (Wildman–Crippen MR) is 75.0 cm³/mol. The molecule has 1 nitrogen and oxygen atoms in total. The van der Waals surface area contributed by atoms with Gasteiger partial charge < -0.3 is 5.11 Å². The highest BCUT2D eigenvalue weighted by molar-refractivity contribution is 7.99. The molecule has 0 saturated carbocycles. The molecule has 1 N–H and O–H groups in total. The molecule has 0 aromatic heterocycles. The minimum atomic E-state index is 0.194. The van der Waals surface area contributed by atoms with Gasteiger partial charge in [-0.3, -0.25) is 0 Å². The second-order valence-electron chi connectivity index (χ2n) is 3.66. The molecule has 0 heterocycles. The van der Waals surface area contributed by atoms with Gasteiger partial charge in [0.25, 0.3) is 0 Å². The highest BCUT2D eigenvalue weighted by atomic mass is 35.5. The quantitative estimate of drug-likeness (QED) is 0.802. The molecule has 2 aromatic carbocycles. The third-order valence-corrected chi connectivity index (χ3v) is 3.49. The summed E-state index contributed by atoms with van der Waals surface area (Å²) in [6.45, 7) is 2.13. The van der Waals surface area contributed by atoms with Crippen molar-refractivity contribution in [3.63, 3.8) is 0 Å². The van der Waals surface area contributed by atoms with Crippen LogP contribution >= 0.6 is 23.4 Å².